The first-order valence-corrected chi connectivity index (χ1v) is 10.0. The average Bonchev–Trinajstić information content (AvgIpc) is 2.66. The number of amides is 2. The Morgan fingerprint density at radius 1 is 1.31 bits per heavy atom. The number of likely N-dealkylation sites (tertiary alicyclic amines) is 1. The SMILES string of the molecule is CC(C)(C)C(=O)N[C@]1(C)CCOC2(CCN(C(=O)c3ccncc3F)CC2)[C@H]1O. The molecule has 2 atom stereocenters. The van der Waals surface area contributed by atoms with Gasteiger partial charge in [0.15, 0.2) is 5.82 Å². The Bertz CT molecular complexity index is 786. The Kier molecular flexibility index (Phi) is 5.71. The van der Waals surface area contributed by atoms with Crippen molar-refractivity contribution in [1.29, 1.82) is 0 Å². The van der Waals surface area contributed by atoms with Crippen LogP contribution >= 0.6 is 0 Å². The molecule has 3 heterocycles. The molecule has 7 nitrogen and oxygen atoms in total. The Hall–Kier alpha value is -2.06. The molecule has 0 saturated carbocycles. The summed E-state index contributed by atoms with van der Waals surface area (Å²) >= 11 is 0. The Balaban J connectivity index is 1.71. The Morgan fingerprint density at radius 3 is 2.55 bits per heavy atom. The highest BCUT2D eigenvalue weighted by Crippen LogP contribution is 2.40. The van der Waals surface area contributed by atoms with E-state index in [9.17, 15) is 19.1 Å². The zero-order valence-corrected chi connectivity index (χ0v) is 17.5. The molecule has 0 radical (unpaired) electrons. The smallest absolute Gasteiger partial charge is 0.256 e. The van der Waals surface area contributed by atoms with Gasteiger partial charge in [0.25, 0.3) is 5.91 Å². The summed E-state index contributed by atoms with van der Waals surface area (Å²) in [4.78, 5) is 30.4. The quantitative estimate of drug-likeness (QED) is 0.781. The molecule has 0 unspecified atom stereocenters. The summed E-state index contributed by atoms with van der Waals surface area (Å²) < 4.78 is 19.9. The summed E-state index contributed by atoms with van der Waals surface area (Å²) in [7, 11) is 0. The van der Waals surface area contributed by atoms with Gasteiger partial charge in [0.1, 0.15) is 6.10 Å². The lowest BCUT2D eigenvalue weighted by molar-refractivity contribution is -0.206. The molecule has 2 aliphatic heterocycles. The van der Waals surface area contributed by atoms with Gasteiger partial charge in [-0.25, -0.2) is 4.39 Å². The highest BCUT2D eigenvalue weighted by Gasteiger charge is 2.54. The standard InChI is InChI=1S/C21H30FN3O4/c1-19(2,3)18(28)24-20(4)8-12-29-21(17(20)27)6-10-25(11-7-21)16(26)14-5-9-23-13-15(14)22/h5,9,13,17,27H,6-8,10-12H2,1-4H3,(H,24,28)/t17-,20+/m0/s1. The molecular formula is C21H30FN3O4. The van der Waals surface area contributed by atoms with Crippen LogP contribution in [0.5, 0.6) is 0 Å². The maximum Gasteiger partial charge on any atom is 0.256 e. The third kappa shape index (κ3) is 4.14. The van der Waals surface area contributed by atoms with E-state index in [-0.39, 0.29) is 11.5 Å². The van der Waals surface area contributed by atoms with Gasteiger partial charge in [-0.3, -0.25) is 14.6 Å². The van der Waals surface area contributed by atoms with E-state index in [0.717, 1.165) is 6.20 Å². The fourth-order valence-corrected chi connectivity index (χ4v) is 4.07. The number of aliphatic hydroxyl groups is 1. The van der Waals surface area contributed by atoms with Crippen LogP contribution < -0.4 is 5.32 Å². The van der Waals surface area contributed by atoms with E-state index >= 15 is 0 Å². The molecule has 29 heavy (non-hydrogen) atoms. The second-order valence-corrected chi connectivity index (χ2v) is 9.34. The first-order valence-electron chi connectivity index (χ1n) is 10.0. The summed E-state index contributed by atoms with van der Waals surface area (Å²) in [5, 5.41) is 14.2. The number of rotatable bonds is 2. The number of carbonyl (C=O) groups excluding carboxylic acids is 2. The van der Waals surface area contributed by atoms with Crippen molar-refractivity contribution in [3.05, 3.63) is 29.8 Å². The van der Waals surface area contributed by atoms with E-state index in [1.54, 1.807) is 4.90 Å². The number of nitrogens with one attached hydrogen (secondary N) is 1. The molecule has 2 amide bonds. The van der Waals surface area contributed by atoms with Gasteiger partial charge in [-0.2, -0.15) is 0 Å². The van der Waals surface area contributed by atoms with Crippen LogP contribution in [0, 0.1) is 11.2 Å². The number of piperidine rings is 1. The molecule has 1 spiro atoms. The fraction of sp³-hybridized carbons (Fsp3) is 0.667. The molecule has 1 aromatic rings. The highest BCUT2D eigenvalue weighted by molar-refractivity contribution is 5.94. The van der Waals surface area contributed by atoms with Gasteiger partial charge >= 0.3 is 0 Å². The normalized spacial score (nSPS) is 27.0. The van der Waals surface area contributed by atoms with Crippen molar-refractivity contribution in [2.24, 2.45) is 5.41 Å². The lowest BCUT2D eigenvalue weighted by atomic mass is 9.72. The van der Waals surface area contributed by atoms with E-state index in [0.29, 0.717) is 39.0 Å². The number of hydrogen-bond acceptors (Lipinski definition) is 5. The Labute approximate surface area is 170 Å². The second kappa shape index (κ2) is 7.65. The molecule has 2 N–H and O–H groups in total. The Morgan fingerprint density at radius 2 is 1.97 bits per heavy atom. The van der Waals surface area contributed by atoms with Crippen LogP contribution in [0.2, 0.25) is 0 Å². The zero-order chi connectivity index (χ0) is 21.4. The van der Waals surface area contributed by atoms with Crippen molar-refractivity contribution in [2.75, 3.05) is 19.7 Å². The maximum atomic E-state index is 13.9. The van der Waals surface area contributed by atoms with Crippen LogP contribution in [0.25, 0.3) is 0 Å². The molecule has 0 aliphatic carbocycles. The number of aromatic nitrogens is 1. The molecule has 8 heteroatoms. The molecule has 0 aromatic carbocycles. The zero-order valence-electron chi connectivity index (χ0n) is 17.5. The topological polar surface area (TPSA) is 91.8 Å². The van der Waals surface area contributed by atoms with E-state index in [2.05, 4.69) is 10.3 Å². The molecule has 2 saturated heterocycles. The van der Waals surface area contributed by atoms with Gasteiger partial charge in [0, 0.05) is 31.3 Å². The van der Waals surface area contributed by atoms with Crippen molar-refractivity contribution < 1.29 is 23.8 Å². The minimum atomic E-state index is -0.912. The van der Waals surface area contributed by atoms with E-state index in [4.69, 9.17) is 4.74 Å². The average molecular weight is 407 g/mol. The third-order valence-corrected chi connectivity index (χ3v) is 6.09. The number of hydrogen-bond donors (Lipinski definition) is 2. The molecule has 1 aromatic heterocycles. The first kappa shape index (κ1) is 21.6. The van der Waals surface area contributed by atoms with Crippen molar-refractivity contribution in [1.82, 2.24) is 15.2 Å². The summed E-state index contributed by atoms with van der Waals surface area (Å²) in [6.45, 7) is 8.41. The molecule has 0 bridgehead atoms. The number of halogens is 1. The highest BCUT2D eigenvalue weighted by atomic mass is 19.1. The lowest BCUT2D eigenvalue weighted by Gasteiger charge is -2.54. The predicted molar refractivity (Wildman–Crippen MR) is 105 cm³/mol. The van der Waals surface area contributed by atoms with Crippen LogP contribution in [-0.4, -0.2) is 63.7 Å². The van der Waals surface area contributed by atoms with E-state index < -0.39 is 34.4 Å². The molecule has 3 rings (SSSR count). The van der Waals surface area contributed by atoms with Crippen LogP contribution in [0.4, 0.5) is 4.39 Å². The van der Waals surface area contributed by atoms with Gasteiger partial charge in [0.2, 0.25) is 5.91 Å². The van der Waals surface area contributed by atoms with Crippen LogP contribution in [-0.2, 0) is 9.53 Å². The molecular weight excluding hydrogens is 377 g/mol. The van der Waals surface area contributed by atoms with Gasteiger partial charge < -0.3 is 20.1 Å². The van der Waals surface area contributed by atoms with E-state index in [1.807, 2.05) is 27.7 Å². The van der Waals surface area contributed by atoms with Gasteiger partial charge in [-0.05, 0) is 32.3 Å². The fourth-order valence-electron chi connectivity index (χ4n) is 4.07. The third-order valence-electron chi connectivity index (χ3n) is 6.09. The summed E-state index contributed by atoms with van der Waals surface area (Å²) in [5.74, 6) is -1.17. The summed E-state index contributed by atoms with van der Waals surface area (Å²) in [5.41, 5.74) is -2.24. The van der Waals surface area contributed by atoms with Gasteiger partial charge in [-0.1, -0.05) is 20.8 Å². The predicted octanol–water partition coefficient (Wildman–Crippen LogP) is 1.90. The van der Waals surface area contributed by atoms with Crippen molar-refractivity contribution in [3.8, 4) is 0 Å². The van der Waals surface area contributed by atoms with E-state index in [1.165, 1.54) is 12.3 Å². The summed E-state index contributed by atoms with van der Waals surface area (Å²) in [6, 6.07) is 1.37. The van der Waals surface area contributed by atoms with Crippen LogP contribution in [0.3, 0.4) is 0 Å². The van der Waals surface area contributed by atoms with Crippen LogP contribution in [0.15, 0.2) is 18.5 Å². The van der Waals surface area contributed by atoms with Crippen molar-refractivity contribution in [2.45, 2.75) is 64.2 Å². The number of pyridine rings is 1. The van der Waals surface area contributed by atoms with Crippen molar-refractivity contribution in [3.63, 3.8) is 0 Å². The van der Waals surface area contributed by atoms with Crippen molar-refractivity contribution >= 4 is 11.8 Å². The summed E-state index contributed by atoms with van der Waals surface area (Å²) in [6.07, 6.45) is 2.82. The number of ether oxygens (including phenoxy) is 1. The molecule has 2 fully saturated rings. The molecule has 2 aliphatic rings. The first-order chi connectivity index (χ1) is 13.5. The molecule has 160 valence electrons. The monoisotopic (exact) mass is 407 g/mol. The number of aliphatic hydroxyl groups excluding tert-OH is 1. The minimum absolute atomic E-state index is 0.0108. The van der Waals surface area contributed by atoms with Gasteiger partial charge in [-0.15, -0.1) is 0 Å². The van der Waals surface area contributed by atoms with Gasteiger partial charge in [0.05, 0.1) is 22.9 Å². The number of nitrogens with zero attached hydrogens (tertiary/aromatic N) is 2. The lowest BCUT2D eigenvalue weighted by Crippen LogP contribution is -2.70. The number of carbonyl (C=O) groups is 2. The van der Waals surface area contributed by atoms with Crippen LogP contribution in [0.1, 0.15) is 57.3 Å². The largest absolute Gasteiger partial charge is 0.388 e. The second-order valence-electron chi connectivity index (χ2n) is 9.34. The minimum Gasteiger partial charge on any atom is -0.388 e. The maximum absolute atomic E-state index is 13.9.